The van der Waals surface area contributed by atoms with Gasteiger partial charge in [-0.3, -0.25) is 9.78 Å². The fraction of sp³-hybridized carbons (Fsp3) is 0.0833. The lowest BCUT2D eigenvalue weighted by Gasteiger charge is -2.18. The third kappa shape index (κ3) is 5.21. The highest BCUT2D eigenvalue weighted by molar-refractivity contribution is 7.09. The predicted octanol–water partition coefficient (Wildman–Crippen LogP) is 4.41. The van der Waals surface area contributed by atoms with Crippen LogP contribution in [0.3, 0.4) is 0 Å². The summed E-state index contributed by atoms with van der Waals surface area (Å²) >= 11 is 1.27. The van der Waals surface area contributed by atoms with Crippen LogP contribution in [0.4, 0.5) is 0 Å². The summed E-state index contributed by atoms with van der Waals surface area (Å²) in [6.07, 6.45) is 1.69. The van der Waals surface area contributed by atoms with E-state index in [1.807, 2.05) is 54.6 Å². The number of rotatable bonds is 7. The van der Waals surface area contributed by atoms with Crippen molar-refractivity contribution in [2.24, 2.45) is 0 Å². The molecule has 0 fully saturated rings. The Kier molecular flexibility index (Phi) is 6.44. The molecule has 0 spiro atoms. The van der Waals surface area contributed by atoms with Crippen LogP contribution in [0.25, 0.3) is 0 Å². The van der Waals surface area contributed by atoms with Gasteiger partial charge in [-0.15, -0.1) is 11.3 Å². The van der Waals surface area contributed by atoms with Crippen molar-refractivity contribution in [1.29, 1.82) is 0 Å². The van der Waals surface area contributed by atoms with Crippen LogP contribution in [-0.4, -0.2) is 21.8 Å². The molecule has 0 saturated heterocycles. The van der Waals surface area contributed by atoms with Gasteiger partial charge in [0.2, 0.25) is 0 Å². The third-order valence-electron chi connectivity index (χ3n) is 4.51. The predicted molar refractivity (Wildman–Crippen MR) is 118 cm³/mol. The minimum Gasteiger partial charge on any atom is -0.455 e. The first-order chi connectivity index (χ1) is 15.2. The normalized spacial score (nSPS) is 11.5. The van der Waals surface area contributed by atoms with Gasteiger partial charge in [-0.1, -0.05) is 54.6 Å². The molecule has 2 heterocycles. The lowest BCUT2D eigenvalue weighted by atomic mass is 10.0. The third-order valence-corrected chi connectivity index (χ3v) is 5.33. The van der Waals surface area contributed by atoms with Gasteiger partial charge in [-0.05, 0) is 29.8 Å². The monoisotopic (exact) mass is 429 g/mol. The van der Waals surface area contributed by atoms with Crippen molar-refractivity contribution in [3.63, 3.8) is 0 Å². The highest BCUT2D eigenvalue weighted by Gasteiger charge is 2.20. The number of aromatic nitrogens is 2. The maximum Gasteiger partial charge on any atom is 0.338 e. The Morgan fingerprint density at radius 1 is 0.935 bits per heavy atom. The van der Waals surface area contributed by atoms with E-state index in [1.165, 1.54) is 11.3 Å². The Morgan fingerprint density at radius 2 is 1.65 bits per heavy atom. The molecule has 0 bridgehead atoms. The second-order valence-electron chi connectivity index (χ2n) is 6.64. The Morgan fingerprint density at radius 3 is 2.35 bits per heavy atom. The first-order valence-electron chi connectivity index (χ1n) is 9.64. The summed E-state index contributed by atoms with van der Waals surface area (Å²) in [6, 6.07) is 23.5. The highest BCUT2D eigenvalue weighted by Crippen LogP contribution is 2.21. The first kappa shape index (κ1) is 20.4. The molecule has 7 heteroatoms. The van der Waals surface area contributed by atoms with Crippen LogP contribution in [0, 0.1) is 0 Å². The number of amides is 1. The van der Waals surface area contributed by atoms with Crippen molar-refractivity contribution in [1.82, 2.24) is 15.3 Å². The summed E-state index contributed by atoms with van der Waals surface area (Å²) < 4.78 is 5.29. The number of nitrogens with zero attached hydrogens (tertiary/aromatic N) is 2. The van der Waals surface area contributed by atoms with E-state index in [-0.39, 0.29) is 18.2 Å². The zero-order chi connectivity index (χ0) is 21.5. The van der Waals surface area contributed by atoms with Crippen LogP contribution in [-0.2, 0) is 11.3 Å². The molecule has 2 aromatic carbocycles. The molecule has 6 nitrogen and oxygen atoms in total. The Hall–Kier alpha value is -3.84. The van der Waals surface area contributed by atoms with E-state index >= 15 is 0 Å². The Bertz CT molecular complexity index is 1110. The summed E-state index contributed by atoms with van der Waals surface area (Å²) in [7, 11) is 0. The van der Waals surface area contributed by atoms with Crippen LogP contribution in [0.1, 0.15) is 43.2 Å². The molecule has 1 amide bonds. The largest absolute Gasteiger partial charge is 0.455 e. The SMILES string of the molecule is O=C(OCc1nc(C(=O)NC(c2ccccc2)c2ccccn2)cs1)c1ccccc1. The summed E-state index contributed by atoms with van der Waals surface area (Å²) in [4.78, 5) is 33.7. The van der Waals surface area contributed by atoms with Gasteiger partial charge in [0.05, 0.1) is 17.3 Å². The van der Waals surface area contributed by atoms with Gasteiger partial charge < -0.3 is 10.1 Å². The van der Waals surface area contributed by atoms with Gasteiger partial charge in [0.15, 0.2) is 0 Å². The fourth-order valence-electron chi connectivity index (χ4n) is 2.99. The zero-order valence-electron chi connectivity index (χ0n) is 16.5. The fourth-order valence-corrected chi connectivity index (χ4v) is 3.68. The number of carbonyl (C=O) groups excluding carboxylic acids is 2. The van der Waals surface area contributed by atoms with Gasteiger partial charge >= 0.3 is 5.97 Å². The van der Waals surface area contributed by atoms with Crippen molar-refractivity contribution < 1.29 is 14.3 Å². The molecule has 0 saturated carbocycles. The molecule has 1 atom stereocenters. The average Bonchev–Trinajstić information content (AvgIpc) is 3.32. The smallest absolute Gasteiger partial charge is 0.338 e. The van der Waals surface area contributed by atoms with Crippen LogP contribution in [0.5, 0.6) is 0 Å². The molecule has 31 heavy (non-hydrogen) atoms. The minimum atomic E-state index is -0.430. The number of hydrogen-bond acceptors (Lipinski definition) is 6. The molecule has 154 valence electrons. The van der Waals surface area contributed by atoms with Crippen molar-refractivity contribution in [3.8, 4) is 0 Å². The maximum atomic E-state index is 12.9. The number of thiazole rings is 1. The molecule has 0 radical (unpaired) electrons. The lowest BCUT2D eigenvalue weighted by molar-refractivity contribution is 0.0472. The van der Waals surface area contributed by atoms with E-state index in [0.29, 0.717) is 10.6 Å². The number of ether oxygens (including phenoxy) is 1. The molecule has 1 unspecified atom stereocenters. The number of esters is 1. The molecule has 4 aromatic rings. The number of pyridine rings is 1. The first-order valence-corrected chi connectivity index (χ1v) is 10.5. The number of nitrogens with one attached hydrogen (secondary N) is 1. The van der Waals surface area contributed by atoms with E-state index in [9.17, 15) is 9.59 Å². The van der Waals surface area contributed by atoms with E-state index in [2.05, 4.69) is 15.3 Å². The van der Waals surface area contributed by atoms with E-state index in [0.717, 1.165) is 11.3 Å². The van der Waals surface area contributed by atoms with Gasteiger partial charge in [0, 0.05) is 11.6 Å². The van der Waals surface area contributed by atoms with Gasteiger partial charge in [-0.2, -0.15) is 0 Å². The summed E-state index contributed by atoms with van der Waals surface area (Å²) in [5, 5.41) is 5.20. The number of hydrogen-bond donors (Lipinski definition) is 1. The quantitative estimate of drug-likeness (QED) is 0.440. The van der Waals surface area contributed by atoms with Gasteiger partial charge in [0.1, 0.15) is 17.3 Å². The molecule has 4 rings (SSSR count). The highest BCUT2D eigenvalue weighted by atomic mass is 32.1. The van der Waals surface area contributed by atoms with Crippen LogP contribution in [0.15, 0.2) is 90.4 Å². The van der Waals surface area contributed by atoms with Crippen molar-refractivity contribution in [3.05, 3.63) is 118 Å². The molecule has 2 aromatic heterocycles. The van der Waals surface area contributed by atoms with Crippen molar-refractivity contribution >= 4 is 23.2 Å². The molecule has 0 aliphatic carbocycles. The van der Waals surface area contributed by atoms with E-state index in [4.69, 9.17) is 4.74 Å². The van der Waals surface area contributed by atoms with Crippen LogP contribution < -0.4 is 5.32 Å². The molecule has 0 aliphatic rings. The average molecular weight is 430 g/mol. The Balaban J connectivity index is 1.44. The second-order valence-corrected chi connectivity index (χ2v) is 7.58. The summed E-state index contributed by atoms with van der Waals surface area (Å²) in [6.45, 7) is 0.00797. The van der Waals surface area contributed by atoms with Crippen LogP contribution in [0.2, 0.25) is 0 Å². The molecule has 0 aliphatic heterocycles. The topological polar surface area (TPSA) is 81.2 Å². The van der Waals surface area contributed by atoms with Crippen molar-refractivity contribution in [2.75, 3.05) is 0 Å². The number of benzene rings is 2. The zero-order valence-corrected chi connectivity index (χ0v) is 17.3. The summed E-state index contributed by atoms with van der Waals surface area (Å²) in [5.74, 6) is -0.752. The van der Waals surface area contributed by atoms with E-state index < -0.39 is 12.0 Å². The van der Waals surface area contributed by atoms with Gasteiger partial charge in [-0.25, -0.2) is 9.78 Å². The lowest BCUT2D eigenvalue weighted by Crippen LogP contribution is -2.30. The van der Waals surface area contributed by atoms with Crippen LogP contribution >= 0.6 is 11.3 Å². The van der Waals surface area contributed by atoms with Crippen molar-refractivity contribution in [2.45, 2.75) is 12.6 Å². The maximum absolute atomic E-state index is 12.9. The summed E-state index contributed by atoms with van der Waals surface area (Å²) in [5.41, 5.74) is 2.39. The molecular weight excluding hydrogens is 410 g/mol. The number of carbonyl (C=O) groups is 2. The molecule has 1 N–H and O–H groups in total. The van der Waals surface area contributed by atoms with Gasteiger partial charge in [0.25, 0.3) is 5.91 Å². The minimum absolute atomic E-state index is 0.00797. The standard InChI is InChI=1S/C24H19N3O3S/c28-23(27-22(17-9-3-1-4-10-17)19-13-7-8-14-25-19)20-16-31-21(26-20)15-30-24(29)18-11-5-2-6-12-18/h1-14,16,22H,15H2,(H,27,28). The second kappa shape index (κ2) is 9.77. The Labute approximate surface area is 183 Å². The molecular formula is C24H19N3O3S. The van der Waals surface area contributed by atoms with E-state index in [1.54, 1.807) is 35.8 Å².